The molecule has 0 bridgehead atoms. The van der Waals surface area contributed by atoms with Gasteiger partial charge in [-0.3, -0.25) is 0 Å². The molecule has 0 aliphatic carbocycles. The summed E-state index contributed by atoms with van der Waals surface area (Å²) in [6.45, 7) is 5.20. The fraction of sp³-hybridized carbons (Fsp3) is 1.00. The zero-order valence-electron chi connectivity index (χ0n) is 13.7. The summed E-state index contributed by atoms with van der Waals surface area (Å²) in [6, 6.07) is 0. The van der Waals surface area contributed by atoms with E-state index in [1.165, 1.54) is 27.7 Å². The number of alkyl halides is 7. The number of hydrogen-bond donors (Lipinski definition) is 0. The van der Waals surface area contributed by atoms with Crippen molar-refractivity contribution in [1.82, 2.24) is 0 Å². The number of rotatable bonds is 10. The van der Waals surface area contributed by atoms with Gasteiger partial charge in [-0.2, -0.15) is 30.7 Å². The van der Waals surface area contributed by atoms with Crippen molar-refractivity contribution in [3.05, 3.63) is 0 Å². The maximum absolute atomic E-state index is 13.9. The normalized spacial score (nSPS) is 15.6. The molecule has 0 amide bonds. The Hall–Kier alpha value is -0.433. The third kappa shape index (κ3) is 5.03. The highest BCUT2D eigenvalue weighted by molar-refractivity contribution is 6.62. The van der Waals surface area contributed by atoms with Crippen LogP contribution in [0, 0.1) is 0 Å². The van der Waals surface area contributed by atoms with Crippen molar-refractivity contribution in [2.24, 2.45) is 0 Å². The molecule has 12 heteroatoms. The van der Waals surface area contributed by atoms with E-state index in [2.05, 4.69) is 4.74 Å². The summed E-state index contributed by atoms with van der Waals surface area (Å²) in [5.41, 5.74) is -1.99. The van der Waals surface area contributed by atoms with Crippen LogP contribution in [0.3, 0.4) is 0 Å². The summed E-state index contributed by atoms with van der Waals surface area (Å²) in [5, 5.41) is 0. The Morgan fingerprint density at radius 2 is 1.04 bits per heavy atom. The van der Waals surface area contributed by atoms with Gasteiger partial charge in [0.2, 0.25) is 0 Å². The molecular formula is C12H21F7O4Si. The molecule has 0 heterocycles. The van der Waals surface area contributed by atoms with Crippen LogP contribution in [0.15, 0.2) is 0 Å². The lowest BCUT2D eigenvalue weighted by Crippen LogP contribution is -2.64. The van der Waals surface area contributed by atoms with Crippen molar-refractivity contribution >= 4 is 8.80 Å². The van der Waals surface area contributed by atoms with Crippen molar-refractivity contribution in [1.29, 1.82) is 0 Å². The molecule has 1 unspecified atom stereocenters. The van der Waals surface area contributed by atoms with Crippen molar-refractivity contribution < 1.29 is 48.7 Å². The van der Waals surface area contributed by atoms with E-state index in [0.717, 1.165) is 0 Å². The molecule has 24 heavy (non-hydrogen) atoms. The van der Waals surface area contributed by atoms with Crippen LogP contribution in [0.5, 0.6) is 0 Å². The predicted molar refractivity (Wildman–Crippen MR) is 71.7 cm³/mol. The second-order valence-electron chi connectivity index (χ2n) is 4.51. The number of hydrogen-bond acceptors (Lipinski definition) is 4. The van der Waals surface area contributed by atoms with Crippen LogP contribution in [-0.4, -0.2) is 52.6 Å². The van der Waals surface area contributed by atoms with E-state index in [9.17, 15) is 30.7 Å². The summed E-state index contributed by atoms with van der Waals surface area (Å²) < 4.78 is 110. The first kappa shape index (κ1) is 23.6. The molecule has 0 aliphatic heterocycles. The monoisotopic (exact) mass is 390 g/mol. The summed E-state index contributed by atoms with van der Waals surface area (Å²) in [5.74, 6) is -5.86. The Labute approximate surface area is 136 Å². The third-order valence-electron chi connectivity index (χ3n) is 2.84. The molecule has 146 valence electrons. The van der Waals surface area contributed by atoms with E-state index >= 15 is 0 Å². The van der Waals surface area contributed by atoms with Gasteiger partial charge in [-0.25, -0.2) is 0 Å². The van der Waals surface area contributed by atoms with Gasteiger partial charge in [0.1, 0.15) is 5.73 Å². The van der Waals surface area contributed by atoms with Gasteiger partial charge in [0.05, 0.1) is 0 Å². The lowest BCUT2D eigenvalue weighted by atomic mass is 10.3. The predicted octanol–water partition coefficient (Wildman–Crippen LogP) is 4.16. The number of ether oxygens (including phenoxy) is 1. The second kappa shape index (κ2) is 8.78. The van der Waals surface area contributed by atoms with Crippen molar-refractivity contribution in [3.8, 4) is 0 Å². The first-order valence-electron chi connectivity index (χ1n) is 7.27. The van der Waals surface area contributed by atoms with Gasteiger partial charge in [-0.15, -0.1) is 0 Å². The molecule has 0 aromatic carbocycles. The van der Waals surface area contributed by atoms with Crippen LogP contribution in [-0.2, 0) is 18.0 Å². The summed E-state index contributed by atoms with van der Waals surface area (Å²) in [6.07, 6.45) is -13.1. The van der Waals surface area contributed by atoms with Gasteiger partial charge in [0, 0.05) is 19.8 Å². The Balaban J connectivity index is 5.91. The molecule has 4 nitrogen and oxygen atoms in total. The minimum absolute atomic E-state index is 0.122. The largest absolute Gasteiger partial charge is 0.531 e. The topological polar surface area (TPSA) is 36.9 Å². The maximum atomic E-state index is 13.9. The first-order valence-corrected chi connectivity index (χ1v) is 9.07. The summed E-state index contributed by atoms with van der Waals surface area (Å²) in [4.78, 5) is 0. The number of halogens is 7. The summed E-state index contributed by atoms with van der Waals surface area (Å²) >= 11 is 0. The minimum Gasteiger partial charge on any atom is -0.372 e. The molecule has 0 fully saturated rings. The Bertz CT molecular complexity index is 344. The van der Waals surface area contributed by atoms with E-state index in [-0.39, 0.29) is 19.8 Å². The lowest BCUT2D eigenvalue weighted by Gasteiger charge is -2.39. The van der Waals surface area contributed by atoms with E-state index in [1.807, 2.05) is 0 Å². The first-order chi connectivity index (χ1) is 10.8. The molecule has 0 radical (unpaired) electrons. The zero-order valence-corrected chi connectivity index (χ0v) is 14.7. The summed E-state index contributed by atoms with van der Waals surface area (Å²) in [7, 11) is -4.15. The maximum Gasteiger partial charge on any atom is 0.531 e. The molecule has 1 atom stereocenters. The van der Waals surface area contributed by atoms with Crippen molar-refractivity contribution in [3.63, 3.8) is 0 Å². The van der Waals surface area contributed by atoms with E-state index in [4.69, 9.17) is 13.3 Å². The second-order valence-corrected chi connectivity index (χ2v) is 7.23. The van der Waals surface area contributed by atoms with Crippen LogP contribution in [0.4, 0.5) is 30.7 Å². The highest BCUT2D eigenvalue weighted by atomic mass is 28.4. The van der Waals surface area contributed by atoms with E-state index in [0.29, 0.717) is 0 Å². The van der Waals surface area contributed by atoms with Crippen molar-refractivity contribution in [2.45, 2.75) is 58.1 Å². The van der Waals surface area contributed by atoms with Crippen LogP contribution < -0.4 is 0 Å². The van der Waals surface area contributed by atoms with Crippen LogP contribution in [0.1, 0.15) is 34.1 Å². The smallest absolute Gasteiger partial charge is 0.372 e. The molecule has 0 aromatic heterocycles. The molecule has 0 saturated carbocycles. The average molecular weight is 390 g/mol. The highest BCUT2D eigenvalue weighted by Crippen LogP contribution is 2.48. The molecule has 0 spiro atoms. The quantitative estimate of drug-likeness (QED) is 0.415. The standard InChI is InChI=1S/C12H21F7O4Si/c1-5-9(24(20-6-2,21-7-3)22-8-4)23-10(13,11(14,15)16)12(17,18)19/h9H,5-8H2,1-4H3. The minimum atomic E-state index is -6.33. The van der Waals surface area contributed by atoms with Gasteiger partial charge in [0.25, 0.3) is 0 Å². The SMILES string of the molecule is CCO[Si](OCC)(OCC)C(CC)OC(F)(C(F)(F)F)C(F)(F)F. The molecule has 0 rings (SSSR count). The van der Waals surface area contributed by atoms with E-state index < -0.39 is 39.2 Å². The molecule has 0 aliphatic rings. The van der Waals surface area contributed by atoms with Gasteiger partial charge < -0.3 is 18.0 Å². The Morgan fingerprint density at radius 3 is 1.25 bits per heavy atom. The zero-order chi connectivity index (χ0) is 19.2. The van der Waals surface area contributed by atoms with Gasteiger partial charge in [-0.05, 0) is 27.2 Å². The Morgan fingerprint density at radius 1 is 0.708 bits per heavy atom. The Kier molecular flexibility index (Phi) is 8.63. The van der Waals surface area contributed by atoms with Crippen molar-refractivity contribution in [2.75, 3.05) is 19.8 Å². The lowest BCUT2D eigenvalue weighted by molar-refractivity contribution is -0.435. The van der Waals surface area contributed by atoms with Crippen LogP contribution in [0.2, 0.25) is 0 Å². The molecule has 0 aromatic rings. The third-order valence-corrected chi connectivity index (χ3v) is 6.22. The fourth-order valence-electron chi connectivity index (χ4n) is 1.90. The van der Waals surface area contributed by atoms with Gasteiger partial charge in [0.15, 0.2) is 0 Å². The van der Waals surface area contributed by atoms with Gasteiger partial charge >= 0.3 is 27.0 Å². The van der Waals surface area contributed by atoms with E-state index in [1.54, 1.807) is 0 Å². The van der Waals surface area contributed by atoms with Gasteiger partial charge in [-0.1, -0.05) is 6.92 Å². The highest BCUT2D eigenvalue weighted by Gasteiger charge is 2.76. The molecule has 0 saturated heterocycles. The van der Waals surface area contributed by atoms with Crippen LogP contribution in [0.25, 0.3) is 0 Å². The molecule has 0 N–H and O–H groups in total. The fourth-order valence-corrected chi connectivity index (χ4v) is 4.72. The van der Waals surface area contributed by atoms with Crippen LogP contribution >= 0.6 is 0 Å². The average Bonchev–Trinajstić information content (AvgIpc) is 2.42. The molecular weight excluding hydrogens is 369 g/mol.